The molecule has 0 saturated heterocycles. The van der Waals surface area contributed by atoms with Crippen LogP contribution in [0.3, 0.4) is 0 Å². The Morgan fingerprint density at radius 2 is 1.91 bits per heavy atom. The summed E-state index contributed by atoms with van der Waals surface area (Å²) >= 11 is 0. The summed E-state index contributed by atoms with van der Waals surface area (Å²) in [6.07, 6.45) is 1.10. The number of ether oxygens (including phenoxy) is 2. The lowest BCUT2D eigenvalue weighted by Gasteiger charge is -2.21. The number of nitrogens with one attached hydrogen (secondary N) is 2. The fraction of sp³-hybridized carbons (Fsp3) is 0.364. The molecule has 0 unspecified atom stereocenters. The van der Waals surface area contributed by atoms with Crippen LogP contribution in [-0.4, -0.2) is 45.9 Å². The van der Waals surface area contributed by atoms with Crippen LogP contribution in [-0.2, 0) is 16.6 Å². The molecule has 2 aromatic carbocycles. The fourth-order valence-electron chi connectivity index (χ4n) is 3.68. The van der Waals surface area contributed by atoms with Gasteiger partial charge in [0.1, 0.15) is 0 Å². The summed E-state index contributed by atoms with van der Waals surface area (Å²) in [5.74, 6) is 1.45. The fourth-order valence-corrected chi connectivity index (χ4v) is 4.23. The summed E-state index contributed by atoms with van der Waals surface area (Å²) in [4.78, 5) is 22.3. The molecule has 0 aliphatic carbocycles. The predicted molar refractivity (Wildman–Crippen MR) is 127 cm³/mol. The smallest absolute Gasteiger partial charge is 0.282 e. The zero-order valence-corrected chi connectivity index (χ0v) is 19.8. The van der Waals surface area contributed by atoms with Gasteiger partial charge in [-0.1, -0.05) is 26.0 Å². The highest BCUT2D eigenvalue weighted by atomic mass is 32.2. The number of hydrogen-bond donors (Lipinski definition) is 2. The number of nitrogens with zero attached hydrogens (tertiary/aromatic N) is 2. The van der Waals surface area contributed by atoms with Crippen molar-refractivity contribution >= 4 is 32.6 Å². The van der Waals surface area contributed by atoms with E-state index in [1.165, 1.54) is 0 Å². The van der Waals surface area contributed by atoms with Gasteiger partial charge in [0.2, 0.25) is 16.0 Å². The van der Waals surface area contributed by atoms with Crippen LogP contribution in [0.5, 0.6) is 11.5 Å². The minimum absolute atomic E-state index is 0.0131. The van der Waals surface area contributed by atoms with E-state index in [0.29, 0.717) is 40.6 Å². The summed E-state index contributed by atoms with van der Waals surface area (Å²) < 4.78 is 36.5. The number of aromatic nitrogens is 2. The first kappa shape index (κ1) is 23.4. The van der Waals surface area contributed by atoms with Gasteiger partial charge >= 0.3 is 0 Å². The van der Waals surface area contributed by atoms with E-state index in [-0.39, 0.29) is 11.5 Å². The third kappa shape index (κ3) is 4.96. The molecule has 0 radical (unpaired) electrons. The van der Waals surface area contributed by atoms with Gasteiger partial charge in [-0.2, -0.15) is 4.98 Å². The van der Waals surface area contributed by atoms with E-state index in [9.17, 15) is 13.2 Å². The Labute approximate surface area is 187 Å². The largest absolute Gasteiger partial charge is 0.493 e. The number of H-pyrrole nitrogens is 1. The molecule has 0 bridgehead atoms. The second-order valence-corrected chi connectivity index (χ2v) is 9.65. The van der Waals surface area contributed by atoms with Gasteiger partial charge in [0, 0.05) is 30.9 Å². The lowest BCUT2D eigenvalue weighted by atomic mass is 9.97. The second kappa shape index (κ2) is 9.07. The number of aromatic amines is 1. The molecule has 0 atom stereocenters. The molecule has 2 N–H and O–H groups in total. The highest BCUT2D eigenvalue weighted by Gasteiger charge is 2.21. The molecule has 0 amide bonds. The van der Waals surface area contributed by atoms with E-state index in [1.54, 1.807) is 50.4 Å². The Balaban J connectivity index is 2.03. The molecule has 0 fully saturated rings. The van der Waals surface area contributed by atoms with Crippen molar-refractivity contribution in [3.63, 3.8) is 0 Å². The predicted octanol–water partition coefficient (Wildman–Crippen LogP) is 3.07. The van der Waals surface area contributed by atoms with Crippen LogP contribution >= 0.6 is 0 Å². The number of benzene rings is 2. The van der Waals surface area contributed by atoms with Crippen LogP contribution in [0.25, 0.3) is 10.9 Å². The average molecular weight is 461 g/mol. The normalized spacial score (nSPS) is 11.6. The van der Waals surface area contributed by atoms with Crippen molar-refractivity contribution in [1.29, 1.82) is 0 Å². The Bertz CT molecular complexity index is 1300. The zero-order chi connectivity index (χ0) is 23.6. The maximum atomic E-state index is 13.0. The molecule has 0 spiro atoms. The Morgan fingerprint density at radius 1 is 1.19 bits per heavy atom. The van der Waals surface area contributed by atoms with Crippen molar-refractivity contribution < 1.29 is 17.9 Å². The lowest BCUT2D eigenvalue weighted by molar-refractivity contribution is 0.351. The van der Waals surface area contributed by atoms with Crippen molar-refractivity contribution in [2.24, 2.45) is 0 Å². The molecule has 0 saturated carbocycles. The standard InChI is InChI=1S/C22H28N4O5S/c1-13(2)18-19-16(11-17(30-4)20(18)31-5)23-22(24-21(19)27)26(3)12-14-8-7-9-15(10-14)25-32(6,28)29/h7-11,13,25H,12H2,1-6H3,(H,23,24,27). The highest BCUT2D eigenvalue weighted by Crippen LogP contribution is 2.39. The number of anilines is 2. The van der Waals surface area contributed by atoms with Gasteiger partial charge in [0.15, 0.2) is 11.5 Å². The van der Waals surface area contributed by atoms with Crippen LogP contribution in [0.15, 0.2) is 35.1 Å². The van der Waals surface area contributed by atoms with Crippen molar-refractivity contribution in [3.8, 4) is 11.5 Å². The Morgan fingerprint density at radius 3 is 2.50 bits per heavy atom. The molecule has 0 aliphatic rings. The summed E-state index contributed by atoms with van der Waals surface area (Å²) in [7, 11) is 1.52. The van der Waals surface area contributed by atoms with Gasteiger partial charge < -0.3 is 19.4 Å². The van der Waals surface area contributed by atoms with E-state index in [0.717, 1.165) is 17.4 Å². The Hall–Kier alpha value is -3.27. The van der Waals surface area contributed by atoms with Crippen molar-refractivity contribution in [3.05, 3.63) is 51.8 Å². The summed E-state index contributed by atoms with van der Waals surface area (Å²) in [6.45, 7) is 4.36. The van der Waals surface area contributed by atoms with Gasteiger partial charge in [-0.25, -0.2) is 8.42 Å². The number of methoxy groups -OCH3 is 2. The number of fused-ring (bicyclic) bond motifs is 1. The van der Waals surface area contributed by atoms with Crippen molar-refractivity contribution in [1.82, 2.24) is 9.97 Å². The molecule has 32 heavy (non-hydrogen) atoms. The molecule has 172 valence electrons. The first-order valence-corrected chi connectivity index (χ1v) is 11.9. The minimum atomic E-state index is -3.37. The van der Waals surface area contributed by atoms with Gasteiger partial charge in [0.05, 0.1) is 31.4 Å². The quantitative estimate of drug-likeness (QED) is 0.531. The van der Waals surface area contributed by atoms with Crippen LogP contribution in [0, 0.1) is 0 Å². The first-order chi connectivity index (χ1) is 15.0. The summed E-state index contributed by atoms with van der Waals surface area (Å²) in [5, 5.41) is 0.467. The van der Waals surface area contributed by atoms with Gasteiger partial charge in [0.25, 0.3) is 5.56 Å². The third-order valence-electron chi connectivity index (χ3n) is 4.96. The molecular formula is C22H28N4O5S. The molecular weight excluding hydrogens is 432 g/mol. The van der Waals surface area contributed by atoms with Gasteiger partial charge in [-0.05, 0) is 23.6 Å². The van der Waals surface area contributed by atoms with E-state index in [4.69, 9.17) is 9.47 Å². The van der Waals surface area contributed by atoms with E-state index in [1.807, 2.05) is 19.9 Å². The second-order valence-electron chi connectivity index (χ2n) is 7.90. The molecule has 9 nitrogen and oxygen atoms in total. The average Bonchev–Trinajstić information content (AvgIpc) is 2.70. The molecule has 3 aromatic rings. The van der Waals surface area contributed by atoms with Gasteiger partial charge in [-0.3, -0.25) is 9.52 Å². The summed E-state index contributed by atoms with van der Waals surface area (Å²) in [5.41, 5.74) is 2.29. The first-order valence-electron chi connectivity index (χ1n) is 10.0. The van der Waals surface area contributed by atoms with Crippen molar-refractivity contribution in [2.45, 2.75) is 26.3 Å². The maximum Gasteiger partial charge on any atom is 0.282 e. The number of sulfonamides is 1. The highest BCUT2D eigenvalue weighted by molar-refractivity contribution is 7.92. The monoisotopic (exact) mass is 460 g/mol. The molecule has 3 rings (SSSR count). The summed E-state index contributed by atoms with van der Waals surface area (Å²) in [6, 6.07) is 8.78. The topological polar surface area (TPSA) is 114 Å². The van der Waals surface area contributed by atoms with Crippen LogP contribution in [0.4, 0.5) is 11.6 Å². The molecule has 1 aromatic heterocycles. The minimum Gasteiger partial charge on any atom is -0.493 e. The molecule has 10 heteroatoms. The number of hydrogen-bond acceptors (Lipinski definition) is 7. The third-order valence-corrected chi connectivity index (χ3v) is 5.57. The van der Waals surface area contributed by atoms with E-state index < -0.39 is 10.0 Å². The van der Waals surface area contributed by atoms with Crippen molar-refractivity contribution in [2.75, 3.05) is 37.1 Å². The Kier molecular flexibility index (Phi) is 6.63. The lowest BCUT2D eigenvalue weighted by Crippen LogP contribution is -2.23. The molecule has 1 heterocycles. The van der Waals surface area contributed by atoms with Crippen LogP contribution in [0.1, 0.15) is 30.9 Å². The zero-order valence-electron chi connectivity index (χ0n) is 19.0. The van der Waals surface area contributed by atoms with E-state index in [2.05, 4.69) is 14.7 Å². The molecule has 0 aliphatic heterocycles. The van der Waals surface area contributed by atoms with E-state index >= 15 is 0 Å². The van der Waals surface area contributed by atoms with Crippen LogP contribution in [0.2, 0.25) is 0 Å². The maximum absolute atomic E-state index is 13.0. The SMILES string of the molecule is COc1cc2[nH]c(N(C)Cc3cccc(NS(C)(=O)=O)c3)nc(=O)c2c(C(C)C)c1OC. The number of rotatable bonds is 8. The van der Waals surface area contributed by atoms with Gasteiger partial charge in [-0.15, -0.1) is 0 Å². The van der Waals surface area contributed by atoms with Crippen LogP contribution < -0.4 is 24.7 Å².